The van der Waals surface area contributed by atoms with Gasteiger partial charge in [0.25, 0.3) is 0 Å². The Morgan fingerprint density at radius 1 is 1.18 bits per heavy atom. The number of hydrogen-bond acceptors (Lipinski definition) is 2. The largest absolute Gasteiger partial charge is 0.308 e. The molecule has 0 saturated heterocycles. The fourth-order valence-electron chi connectivity index (χ4n) is 1.46. The topological polar surface area (TPSA) is 12.0 Å². The van der Waals surface area contributed by atoms with E-state index in [-0.39, 0.29) is 16.6 Å². The average molecular weight is 318 g/mol. The molecular formula is C12H10BrF2NS. The summed E-state index contributed by atoms with van der Waals surface area (Å²) in [5.74, 6) is -1.06. The van der Waals surface area contributed by atoms with E-state index in [0.717, 1.165) is 5.56 Å². The number of halogens is 3. The third-order valence-corrected chi connectivity index (χ3v) is 3.69. The van der Waals surface area contributed by atoms with Gasteiger partial charge in [-0.3, -0.25) is 0 Å². The molecule has 0 aliphatic rings. The lowest BCUT2D eigenvalue weighted by Gasteiger charge is -2.07. The highest BCUT2D eigenvalue weighted by molar-refractivity contribution is 9.10. The van der Waals surface area contributed by atoms with Crippen LogP contribution in [0.2, 0.25) is 0 Å². The molecule has 2 rings (SSSR count). The van der Waals surface area contributed by atoms with Crippen LogP contribution in [0.25, 0.3) is 0 Å². The quantitative estimate of drug-likeness (QED) is 0.838. The van der Waals surface area contributed by atoms with Gasteiger partial charge in [0.15, 0.2) is 0 Å². The zero-order valence-electron chi connectivity index (χ0n) is 8.84. The van der Waals surface area contributed by atoms with Crippen LogP contribution < -0.4 is 5.32 Å². The van der Waals surface area contributed by atoms with Crippen molar-refractivity contribution in [1.82, 2.24) is 5.32 Å². The SMILES string of the molecule is Fc1ccc(Br)c(F)c1CNCc1ccsc1. The Labute approximate surface area is 111 Å². The normalized spacial score (nSPS) is 10.8. The first-order chi connectivity index (χ1) is 8.18. The first kappa shape index (κ1) is 12.7. The molecule has 1 heterocycles. The summed E-state index contributed by atoms with van der Waals surface area (Å²) in [7, 11) is 0. The van der Waals surface area contributed by atoms with E-state index in [1.165, 1.54) is 12.1 Å². The number of thiophene rings is 1. The van der Waals surface area contributed by atoms with Gasteiger partial charge in [-0.2, -0.15) is 11.3 Å². The maximum absolute atomic E-state index is 13.6. The second-order valence-electron chi connectivity index (χ2n) is 3.56. The molecule has 0 aliphatic carbocycles. The second kappa shape index (κ2) is 5.71. The van der Waals surface area contributed by atoms with Gasteiger partial charge < -0.3 is 5.32 Å². The molecule has 90 valence electrons. The second-order valence-corrected chi connectivity index (χ2v) is 5.19. The third-order valence-electron chi connectivity index (χ3n) is 2.35. The summed E-state index contributed by atoms with van der Waals surface area (Å²) in [4.78, 5) is 0. The van der Waals surface area contributed by atoms with Gasteiger partial charge in [0.1, 0.15) is 11.6 Å². The monoisotopic (exact) mass is 317 g/mol. The maximum atomic E-state index is 13.6. The van der Waals surface area contributed by atoms with Crippen molar-refractivity contribution in [3.63, 3.8) is 0 Å². The van der Waals surface area contributed by atoms with Crippen LogP contribution in [-0.4, -0.2) is 0 Å². The highest BCUT2D eigenvalue weighted by atomic mass is 79.9. The highest BCUT2D eigenvalue weighted by Crippen LogP contribution is 2.21. The molecule has 17 heavy (non-hydrogen) atoms. The molecule has 0 spiro atoms. The van der Waals surface area contributed by atoms with Crippen molar-refractivity contribution < 1.29 is 8.78 Å². The van der Waals surface area contributed by atoms with Crippen LogP contribution in [0.1, 0.15) is 11.1 Å². The summed E-state index contributed by atoms with van der Waals surface area (Å²) in [6, 6.07) is 4.60. The first-order valence-corrected chi connectivity index (χ1v) is 6.76. The number of nitrogens with one attached hydrogen (secondary N) is 1. The molecule has 1 aromatic heterocycles. The van der Waals surface area contributed by atoms with Crippen molar-refractivity contribution in [2.45, 2.75) is 13.1 Å². The van der Waals surface area contributed by atoms with E-state index < -0.39 is 11.6 Å². The van der Waals surface area contributed by atoms with Crippen molar-refractivity contribution in [3.05, 3.63) is 56.2 Å². The molecule has 1 N–H and O–H groups in total. The Morgan fingerprint density at radius 2 is 2.00 bits per heavy atom. The minimum absolute atomic E-state index is 0.0644. The standard InChI is InChI=1S/C12H10BrF2NS/c13-10-1-2-11(14)9(12(10)15)6-16-5-8-3-4-17-7-8/h1-4,7,16H,5-6H2. The van der Waals surface area contributed by atoms with Crippen LogP contribution in [0.15, 0.2) is 33.4 Å². The van der Waals surface area contributed by atoms with Crippen molar-refractivity contribution in [3.8, 4) is 0 Å². The summed E-state index contributed by atoms with van der Waals surface area (Å²) >= 11 is 4.64. The lowest BCUT2D eigenvalue weighted by molar-refractivity contribution is 0.532. The molecule has 2 aromatic rings. The molecule has 0 fully saturated rings. The van der Waals surface area contributed by atoms with Crippen LogP contribution in [0.4, 0.5) is 8.78 Å². The van der Waals surface area contributed by atoms with Crippen molar-refractivity contribution >= 4 is 27.3 Å². The van der Waals surface area contributed by atoms with Gasteiger partial charge in [0, 0.05) is 18.7 Å². The van der Waals surface area contributed by atoms with E-state index in [9.17, 15) is 8.78 Å². The van der Waals surface area contributed by atoms with E-state index in [4.69, 9.17) is 0 Å². The van der Waals surface area contributed by atoms with Crippen LogP contribution in [-0.2, 0) is 13.1 Å². The fraction of sp³-hybridized carbons (Fsp3) is 0.167. The summed E-state index contributed by atoms with van der Waals surface area (Å²) < 4.78 is 27.3. The van der Waals surface area contributed by atoms with Crippen LogP contribution in [0, 0.1) is 11.6 Å². The van der Waals surface area contributed by atoms with Crippen LogP contribution in [0.5, 0.6) is 0 Å². The van der Waals surface area contributed by atoms with E-state index in [1.807, 2.05) is 16.8 Å². The van der Waals surface area contributed by atoms with Gasteiger partial charge >= 0.3 is 0 Å². The first-order valence-electron chi connectivity index (χ1n) is 5.02. The third kappa shape index (κ3) is 3.12. The van der Waals surface area contributed by atoms with Gasteiger partial charge in [0.2, 0.25) is 0 Å². The van der Waals surface area contributed by atoms with Crippen LogP contribution >= 0.6 is 27.3 Å². The van der Waals surface area contributed by atoms with Gasteiger partial charge in [-0.15, -0.1) is 0 Å². The molecule has 0 saturated carbocycles. The minimum atomic E-state index is -0.539. The average Bonchev–Trinajstić information content (AvgIpc) is 2.81. The summed E-state index contributed by atoms with van der Waals surface area (Å²) in [5, 5.41) is 6.99. The van der Waals surface area contributed by atoms with Crippen molar-refractivity contribution in [1.29, 1.82) is 0 Å². The zero-order chi connectivity index (χ0) is 12.3. The zero-order valence-corrected chi connectivity index (χ0v) is 11.2. The maximum Gasteiger partial charge on any atom is 0.144 e. The van der Waals surface area contributed by atoms with E-state index in [2.05, 4.69) is 21.2 Å². The van der Waals surface area contributed by atoms with Gasteiger partial charge in [0.05, 0.1) is 4.47 Å². The molecule has 0 radical (unpaired) electrons. The van der Waals surface area contributed by atoms with Crippen molar-refractivity contribution in [2.75, 3.05) is 0 Å². The minimum Gasteiger partial charge on any atom is -0.308 e. The molecule has 0 unspecified atom stereocenters. The molecule has 1 nitrogen and oxygen atoms in total. The Bertz CT molecular complexity index is 499. The fourth-order valence-corrected chi connectivity index (χ4v) is 2.50. The summed E-state index contributed by atoms with van der Waals surface area (Å²) in [6.07, 6.45) is 0. The number of benzene rings is 1. The summed E-state index contributed by atoms with van der Waals surface area (Å²) in [5.41, 5.74) is 1.18. The molecule has 0 bridgehead atoms. The molecule has 1 aromatic carbocycles. The summed E-state index contributed by atoms with van der Waals surface area (Å²) in [6.45, 7) is 0.780. The lowest BCUT2D eigenvalue weighted by Crippen LogP contribution is -2.14. The molecular weight excluding hydrogens is 308 g/mol. The van der Waals surface area contributed by atoms with Crippen molar-refractivity contribution in [2.24, 2.45) is 0 Å². The number of hydrogen-bond donors (Lipinski definition) is 1. The van der Waals surface area contributed by atoms with Gasteiger partial charge in [-0.05, 0) is 50.5 Å². The number of rotatable bonds is 4. The molecule has 0 amide bonds. The molecule has 5 heteroatoms. The lowest BCUT2D eigenvalue weighted by atomic mass is 10.2. The van der Waals surface area contributed by atoms with E-state index in [0.29, 0.717) is 6.54 Å². The Balaban J connectivity index is 2.01. The highest BCUT2D eigenvalue weighted by Gasteiger charge is 2.11. The predicted octanol–water partition coefficient (Wildman–Crippen LogP) is 4.08. The van der Waals surface area contributed by atoms with Gasteiger partial charge in [-0.1, -0.05) is 0 Å². The van der Waals surface area contributed by atoms with E-state index in [1.54, 1.807) is 11.3 Å². The Hall–Kier alpha value is -0.780. The predicted molar refractivity (Wildman–Crippen MR) is 68.9 cm³/mol. The van der Waals surface area contributed by atoms with Crippen LogP contribution in [0.3, 0.4) is 0 Å². The molecule has 0 atom stereocenters. The van der Waals surface area contributed by atoms with E-state index >= 15 is 0 Å². The molecule has 0 aliphatic heterocycles. The Kier molecular flexibility index (Phi) is 4.25. The smallest absolute Gasteiger partial charge is 0.144 e. The van der Waals surface area contributed by atoms with Gasteiger partial charge in [-0.25, -0.2) is 8.78 Å². The Morgan fingerprint density at radius 3 is 2.71 bits per heavy atom.